The topological polar surface area (TPSA) is 93.2 Å². The van der Waals surface area contributed by atoms with Gasteiger partial charge in [-0.1, -0.05) is 5.21 Å². The average Bonchev–Trinajstić information content (AvgIpc) is 3.13. The van der Waals surface area contributed by atoms with E-state index in [1.807, 2.05) is 13.1 Å². The van der Waals surface area contributed by atoms with Gasteiger partial charge in [-0.3, -0.25) is 4.79 Å². The molecule has 2 aromatic rings. The van der Waals surface area contributed by atoms with E-state index >= 15 is 0 Å². The highest BCUT2D eigenvalue weighted by molar-refractivity contribution is 5.75. The van der Waals surface area contributed by atoms with E-state index in [9.17, 15) is 9.90 Å². The molecule has 1 unspecified atom stereocenters. The highest BCUT2D eigenvalue weighted by Gasteiger charge is 2.29. The Bertz CT molecular complexity index is 713. The summed E-state index contributed by atoms with van der Waals surface area (Å²) < 4.78 is 6.97. The van der Waals surface area contributed by atoms with Crippen molar-refractivity contribution >= 4 is 5.91 Å². The largest absolute Gasteiger partial charge is 0.466 e. The van der Waals surface area contributed by atoms with Crippen LogP contribution in [0.1, 0.15) is 48.5 Å². The van der Waals surface area contributed by atoms with E-state index < -0.39 is 5.60 Å². The van der Waals surface area contributed by atoms with Crippen LogP contribution in [0.2, 0.25) is 0 Å². The minimum atomic E-state index is -1.18. The number of hydrogen-bond acceptors (Lipinski definition) is 5. The van der Waals surface area contributed by atoms with Gasteiger partial charge >= 0.3 is 0 Å². The van der Waals surface area contributed by atoms with Crippen LogP contribution in [0.25, 0.3) is 0 Å². The summed E-state index contributed by atoms with van der Waals surface area (Å²) in [6.45, 7) is 5.49. The van der Waals surface area contributed by atoms with Crippen LogP contribution >= 0.6 is 0 Å². The van der Waals surface area contributed by atoms with Crippen LogP contribution in [0, 0.1) is 13.8 Å². The number of rotatable bonds is 6. The molecule has 0 saturated heterocycles. The molecule has 2 heterocycles. The number of nitrogens with zero attached hydrogens (tertiary/aromatic N) is 3. The second-order valence-electron chi connectivity index (χ2n) is 6.49. The third-order valence-corrected chi connectivity index (χ3v) is 4.11. The number of hydrogen-bond donors (Lipinski definition) is 2. The highest BCUT2D eigenvalue weighted by Crippen LogP contribution is 2.38. The summed E-state index contributed by atoms with van der Waals surface area (Å²) in [7, 11) is 0. The summed E-state index contributed by atoms with van der Waals surface area (Å²) in [4.78, 5) is 12.0. The van der Waals surface area contributed by atoms with Gasteiger partial charge in [0.05, 0.1) is 12.2 Å². The first-order valence-corrected chi connectivity index (χ1v) is 7.82. The first-order valence-electron chi connectivity index (χ1n) is 7.82. The van der Waals surface area contributed by atoms with E-state index in [1.54, 1.807) is 19.9 Å². The molecule has 0 aromatic carbocycles. The molecule has 1 aliphatic carbocycles. The van der Waals surface area contributed by atoms with Crippen molar-refractivity contribution in [1.29, 1.82) is 0 Å². The van der Waals surface area contributed by atoms with Gasteiger partial charge in [0.25, 0.3) is 0 Å². The number of amides is 1. The lowest BCUT2D eigenvalue weighted by atomic mass is 9.96. The van der Waals surface area contributed by atoms with Gasteiger partial charge in [0.15, 0.2) is 0 Å². The minimum Gasteiger partial charge on any atom is -0.466 e. The molecule has 1 saturated carbocycles. The third kappa shape index (κ3) is 3.61. The van der Waals surface area contributed by atoms with Crippen LogP contribution in [0.3, 0.4) is 0 Å². The van der Waals surface area contributed by atoms with Crippen molar-refractivity contribution in [3.63, 3.8) is 0 Å². The fourth-order valence-corrected chi connectivity index (χ4v) is 2.69. The van der Waals surface area contributed by atoms with E-state index in [1.165, 1.54) is 4.68 Å². The summed E-state index contributed by atoms with van der Waals surface area (Å²) in [5, 5.41) is 21.4. The smallest absolute Gasteiger partial charge is 0.241 e. The second-order valence-corrected chi connectivity index (χ2v) is 6.49. The first kappa shape index (κ1) is 15.7. The van der Waals surface area contributed by atoms with Gasteiger partial charge in [0.2, 0.25) is 5.91 Å². The lowest BCUT2D eigenvalue weighted by molar-refractivity contribution is -0.123. The standard InChI is InChI=1S/C16H22N4O3/c1-10-6-13(11(2)23-10)16(3,22)9-17-15(21)8-20-7-14(18-19-20)12-4-5-12/h6-7,12,22H,4-5,8-9H2,1-3H3,(H,17,21). The van der Waals surface area contributed by atoms with Crippen LogP contribution < -0.4 is 5.32 Å². The molecule has 23 heavy (non-hydrogen) atoms. The maximum absolute atomic E-state index is 12.0. The van der Waals surface area contributed by atoms with Crippen molar-refractivity contribution in [3.8, 4) is 0 Å². The summed E-state index contributed by atoms with van der Waals surface area (Å²) in [6, 6.07) is 1.79. The van der Waals surface area contributed by atoms with Crippen molar-refractivity contribution < 1.29 is 14.3 Å². The van der Waals surface area contributed by atoms with Gasteiger partial charge in [-0.2, -0.15) is 0 Å². The zero-order valence-corrected chi connectivity index (χ0v) is 13.7. The number of carbonyl (C=O) groups is 1. The summed E-state index contributed by atoms with van der Waals surface area (Å²) in [5.41, 5.74) is 0.459. The Morgan fingerprint density at radius 1 is 1.52 bits per heavy atom. The molecule has 7 nitrogen and oxygen atoms in total. The van der Waals surface area contributed by atoms with Crippen molar-refractivity contribution in [2.45, 2.75) is 51.7 Å². The van der Waals surface area contributed by atoms with Gasteiger partial charge in [0, 0.05) is 17.7 Å². The molecule has 0 bridgehead atoms. The number of aryl methyl sites for hydroxylation is 2. The predicted molar refractivity (Wildman–Crippen MR) is 82.8 cm³/mol. The third-order valence-electron chi connectivity index (χ3n) is 4.11. The predicted octanol–water partition coefficient (Wildman–Crippen LogP) is 1.39. The Hall–Kier alpha value is -2.15. The molecule has 2 aromatic heterocycles. The number of nitrogens with one attached hydrogen (secondary N) is 1. The summed E-state index contributed by atoms with van der Waals surface area (Å²) >= 11 is 0. The normalized spacial score (nSPS) is 17.0. The lowest BCUT2D eigenvalue weighted by Crippen LogP contribution is -2.40. The van der Waals surface area contributed by atoms with Crippen LogP contribution in [0.15, 0.2) is 16.7 Å². The highest BCUT2D eigenvalue weighted by atomic mass is 16.3. The Morgan fingerprint density at radius 3 is 2.87 bits per heavy atom. The molecule has 124 valence electrons. The molecule has 7 heteroatoms. The fraction of sp³-hybridized carbons (Fsp3) is 0.562. The molecule has 0 aliphatic heterocycles. The van der Waals surface area contributed by atoms with Gasteiger partial charge in [0.1, 0.15) is 23.7 Å². The zero-order valence-electron chi connectivity index (χ0n) is 13.7. The van der Waals surface area contributed by atoms with E-state index in [4.69, 9.17) is 4.42 Å². The van der Waals surface area contributed by atoms with E-state index in [0.717, 1.165) is 24.3 Å². The number of aliphatic hydroxyl groups is 1. The minimum absolute atomic E-state index is 0.0964. The molecule has 1 fully saturated rings. The summed E-state index contributed by atoms with van der Waals surface area (Å²) in [6.07, 6.45) is 4.12. The SMILES string of the molecule is Cc1cc(C(C)(O)CNC(=O)Cn2cc(C3CC3)nn2)c(C)o1. The molecule has 0 radical (unpaired) electrons. The van der Waals surface area contributed by atoms with E-state index in [-0.39, 0.29) is 19.0 Å². The Morgan fingerprint density at radius 2 is 2.26 bits per heavy atom. The van der Waals surface area contributed by atoms with Crippen molar-refractivity contribution in [2.24, 2.45) is 0 Å². The number of carbonyl (C=O) groups excluding carboxylic acids is 1. The summed E-state index contributed by atoms with van der Waals surface area (Å²) in [5.74, 6) is 1.70. The van der Waals surface area contributed by atoms with E-state index in [0.29, 0.717) is 17.2 Å². The molecular weight excluding hydrogens is 296 g/mol. The van der Waals surface area contributed by atoms with Crippen LogP contribution in [0.5, 0.6) is 0 Å². The van der Waals surface area contributed by atoms with Crippen molar-refractivity contribution in [1.82, 2.24) is 20.3 Å². The Balaban J connectivity index is 1.56. The van der Waals surface area contributed by atoms with E-state index in [2.05, 4.69) is 15.6 Å². The molecule has 3 rings (SSSR count). The van der Waals surface area contributed by atoms with Gasteiger partial charge in [-0.25, -0.2) is 4.68 Å². The van der Waals surface area contributed by atoms with Crippen LogP contribution in [-0.4, -0.2) is 32.6 Å². The molecule has 2 N–H and O–H groups in total. The first-order chi connectivity index (χ1) is 10.8. The average molecular weight is 318 g/mol. The van der Waals surface area contributed by atoms with Gasteiger partial charge in [-0.15, -0.1) is 5.10 Å². The molecule has 1 amide bonds. The van der Waals surface area contributed by atoms with Crippen LogP contribution in [0.4, 0.5) is 0 Å². The second kappa shape index (κ2) is 5.81. The van der Waals surface area contributed by atoms with Crippen molar-refractivity contribution in [2.75, 3.05) is 6.54 Å². The lowest BCUT2D eigenvalue weighted by Gasteiger charge is -2.23. The number of aromatic nitrogens is 3. The van der Waals surface area contributed by atoms with Gasteiger partial charge in [-0.05, 0) is 39.7 Å². The quantitative estimate of drug-likeness (QED) is 0.839. The van der Waals surface area contributed by atoms with Crippen molar-refractivity contribution in [3.05, 3.63) is 35.0 Å². The number of furan rings is 1. The van der Waals surface area contributed by atoms with Gasteiger partial charge < -0.3 is 14.8 Å². The monoisotopic (exact) mass is 318 g/mol. The Kier molecular flexibility index (Phi) is 3.97. The maximum atomic E-state index is 12.0. The zero-order chi connectivity index (χ0) is 16.6. The molecule has 0 spiro atoms. The fourth-order valence-electron chi connectivity index (χ4n) is 2.69. The van der Waals surface area contributed by atoms with Crippen LogP contribution in [-0.2, 0) is 16.9 Å². The Labute approximate surface area is 134 Å². The molecule has 1 atom stereocenters. The molecule has 1 aliphatic rings. The maximum Gasteiger partial charge on any atom is 0.241 e. The molecular formula is C16H22N4O3.